The molecule has 2 rings (SSSR count). The Hall–Kier alpha value is -0.120. The predicted octanol–water partition coefficient (Wildman–Crippen LogP) is 3.69. The van der Waals surface area contributed by atoms with Crippen LogP contribution >= 0.6 is 23.5 Å². The van der Waals surface area contributed by atoms with Crippen molar-refractivity contribution in [2.24, 2.45) is 0 Å². The number of hydrogen-bond donors (Lipinski definition) is 1. The van der Waals surface area contributed by atoms with Crippen LogP contribution in [0.2, 0.25) is 0 Å². The lowest BCUT2D eigenvalue weighted by atomic mass is 10.1. The van der Waals surface area contributed by atoms with Crippen LogP contribution in [0.1, 0.15) is 31.9 Å². The molecule has 1 fully saturated rings. The molecule has 1 aromatic rings. The number of hydrogen-bond acceptors (Lipinski definition) is 3. The topological polar surface area (TPSA) is 20.2 Å². The quantitative estimate of drug-likeness (QED) is 0.869. The van der Waals surface area contributed by atoms with Crippen LogP contribution in [-0.4, -0.2) is 20.2 Å². The molecule has 3 heteroatoms. The van der Waals surface area contributed by atoms with E-state index < -0.39 is 0 Å². The van der Waals surface area contributed by atoms with Gasteiger partial charge >= 0.3 is 0 Å². The summed E-state index contributed by atoms with van der Waals surface area (Å²) < 4.78 is 0.279. The summed E-state index contributed by atoms with van der Waals surface area (Å²) in [7, 11) is 0. The second-order valence-electron chi connectivity index (χ2n) is 4.35. The second kappa shape index (κ2) is 5.48. The van der Waals surface area contributed by atoms with Crippen LogP contribution in [0.15, 0.2) is 30.3 Å². The Kier molecular flexibility index (Phi) is 4.22. The fourth-order valence-electron chi connectivity index (χ4n) is 2.02. The summed E-state index contributed by atoms with van der Waals surface area (Å²) in [5, 5.41) is 11.6. The molecule has 0 aromatic heterocycles. The molecule has 2 unspecified atom stereocenters. The van der Waals surface area contributed by atoms with Gasteiger partial charge in [0.25, 0.3) is 0 Å². The zero-order valence-electron chi connectivity index (χ0n) is 9.67. The van der Waals surface area contributed by atoms with Crippen molar-refractivity contribution in [2.75, 3.05) is 0 Å². The summed E-state index contributed by atoms with van der Waals surface area (Å²) in [6, 6.07) is 9.99. The van der Waals surface area contributed by atoms with Crippen molar-refractivity contribution in [1.29, 1.82) is 0 Å². The molecule has 0 amide bonds. The van der Waals surface area contributed by atoms with Gasteiger partial charge in [0.1, 0.15) is 0 Å². The maximum atomic E-state index is 10.3. The normalized spacial score (nSPS) is 32.3. The molecule has 1 nitrogen and oxygen atoms in total. The van der Waals surface area contributed by atoms with E-state index in [2.05, 4.69) is 13.8 Å². The second-order valence-corrected chi connectivity index (χ2v) is 7.82. The van der Waals surface area contributed by atoms with Gasteiger partial charge in [-0.05, 0) is 12.0 Å². The van der Waals surface area contributed by atoms with Crippen molar-refractivity contribution in [3.8, 4) is 0 Å². The minimum Gasteiger partial charge on any atom is -0.386 e. The lowest BCUT2D eigenvalue weighted by molar-refractivity contribution is 0.195. The Morgan fingerprint density at radius 2 is 1.69 bits per heavy atom. The van der Waals surface area contributed by atoms with Gasteiger partial charge in [0.05, 0.1) is 10.7 Å². The highest BCUT2D eigenvalue weighted by Crippen LogP contribution is 2.45. The van der Waals surface area contributed by atoms with Crippen LogP contribution in [0.3, 0.4) is 0 Å². The van der Waals surface area contributed by atoms with Crippen LogP contribution in [0.25, 0.3) is 0 Å². The van der Waals surface area contributed by atoms with E-state index in [1.54, 1.807) is 0 Å². The van der Waals surface area contributed by atoms with Gasteiger partial charge in [-0.25, -0.2) is 0 Å². The molecule has 0 saturated carbocycles. The summed E-state index contributed by atoms with van der Waals surface area (Å²) in [5.74, 6) is 0. The monoisotopic (exact) mass is 254 g/mol. The van der Waals surface area contributed by atoms with Crippen molar-refractivity contribution >= 4 is 23.5 Å². The first-order chi connectivity index (χ1) is 7.66. The number of thioether (sulfide) groups is 2. The summed E-state index contributed by atoms with van der Waals surface area (Å²) in [5.41, 5.74) is 1.04. The van der Waals surface area contributed by atoms with E-state index in [0.29, 0.717) is 10.5 Å². The minimum absolute atomic E-state index is 0.279. The third-order valence-corrected chi connectivity index (χ3v) is 5.83. The lowest BCUT2D eigenvalue weighted by Crippen LogP contribution is -2.24. The van der Waals surface area contributed by atoms with Gasteiger partial charge in [-0.15, -0.1) is 23.5 Å². The fourth-order valence-corrected chi connectivity index (χ4v) is 5.87. The van der Waals surface area contributed by atoms with E-state index >= 15 is 0 Å². The molecule has 88 valence electrons. The van der Waals surface area contributed by atoms with Gasteiger partial charge in [0, 0.05) is 10.5 Å². The molecule has 1 aliphatic rings. The fraction of sp³-hybridized carbons (Fsp3) is 0.538. The standard InChI is InChI=1S/C13H18OS2/c1-9-8-10(2)16-13(15-9)12(14)11-6-4-3-5-7-11/h3-7,9-10,12-14H,8H2,1-2H3/t9-,10+,12?,13?. The molecule has 1 aliphatic heterocycles. The SMILES string of the molecule is C[C@@H]1C[C@H](C)SC(C(O)c2ccccc2)S1. The Morgan fingerprint density at radius 1 is 1.12 bits per heavy atom. The van der Waals surface area contributed by atoms with Crippen molar-refractivity contribution in [3.05, 3.63) is 35.9 Å². The first-order valence-electron chi connectivity index (χ1n) is 5.70. The van der Waals surface area contributed by atoms with E-state index in [1.807, 2.05) is 53.9 Å². The third-order valence-electron chi connectivity index (χ3n) is 2.80. The van der Waals surface area contributed by atoms with E-state index in [-0.39, 0.29) is 10.7 Å². The number of aliphatic hydroxyl groups excluding tert-OH is 1. The average molecular weight is 254 g/mol. The Labute approximate surface area is 106 Å². The lowest BCUT2D eigenvalue weighted by Gasteiger charge is -2.33. The Morgan fingerprint density at radius 3 is 2.25 bits per heavy atom. The highest BCUT2D eigenvalue weighted by molar-refractivity contribution is 8.18. The number of rotatable bonds is 2. The molecule has 1 heterocycles. The molecule has 4 atom stereocenters. The van der Waals surface area contributed by atoms with Gasteiger partial charge in [0.15, 0.2) is 0 Å². The molecule has 0 spiro atoms. The molecule has 1 N–H and O–H groups in total. The zero-order valence-corrected chi connectivity index (χ0v) is 11.3. The maximum Gasteiger partial charge on any atom is 0.1000 e. The third kappa shape index (κ3) is 2.96. The molecule has 16 heavy (non-hydrogen) atoms. The van der Waals surface area contributed by atoms with Crippen molar-refractivity contribution in [1.82, 2.24) is 0 Å². The summed E-state index contributed by atoms with van der Waals surface area (Å²) in [6.45, 7) is 4.51. The molecular formula is C13H18OS2. The average Bonchev–Trinajstić information content (AvgIpc) is 2.28. The Bertz CT molecular complexity index is 318. The molecular weight excluding hydrogens is 236 g/mol. The minimum atomic E-state index is -0.346. The van der Waals surface area contributed by atoms with Crippen LogP contribution < -0.4 is 0 Å². The Balaban J connectivity index is 2.07. The predicted molar refractivity (Wildman–Crippen MR) is 73.9 cm³/mol. The first kappa shape index (κ1) is 12.3. The maximum absolute atomic E-state index is 10.3. The molecule has 1 aromatic carbocycles. The molecule has 0 radical (unpaired) electrons. The highest BCUT2D eigenvalue weighted by Gasteiger charge is 2.30. The first-order valence-corrected chi connectivity index (χ1v) is 7.59. The smallest absolute Gasteiger partial charge is 0.1000 e. The molecule has 0 bridgehead atoms. The van der Waals surface area contributed by atoms with Gasteiger partial charge in [-0.1, -0.05) is 44.2 Å². The van der Waals surface area contributed by atoms with E-state index in [0.717, 1.165) is 5.56 Å². The van der Waals surface area contributed by atoms with Crippen LogP contribution in [0, 0.1) is 0 Å². The van der Waals surface area contributed by atoms with Crippen LogP contribution in [0.5, 0.6) is 0 Å². The zero-order chi connectivity index (χ0) is 11.5. The highest BCUT2D eigenvalue weighted by atomic mass is 32.2. The van der Waals surface area contributed by atoms with E-state index in [4.69, 9.17) is 0 Å². The van der Waals surface area contributed by atoms with Crippen molar-refractivity contribution in [2.45, 2.75) is 41.5 Å². The molecule has 1 saturated heterocycles. The van der Waals surface area contributed by atoms with Gasteiger partial charge in [0.2, 0.25) is 0 Å². The van der Waals surface area contributed by atoms with Gasteiger partial charge < -0.3 is 5.11 Å². The van der Waals surface area contributed by atoms with Gasteiger partial charge in [-0.3, -0.25) is 0 Å². The number of aliphatic hydroxyl groups is 1. The summed E-state index contributed by atoms with van der Waals surface area (Å²) in [4.78, 5) is 0. The van der Waals surface area contributed by atoms with E-state index in [9.17, 15) is 5.11 Å². The van der Waals surface area contributed by atoms with Crippen molar-refractivity contribution < 1.29 is 5.11 Å². The number of benzene rings is 1. The van der Waals surface area contributed by atoms with Crippen LogP contribution in [-0.2, 0) is 0 Å². The van der Waals surface area contributed by atoms with Crippen LogP contribution in [0.4, 0.5) is 0 Å². The van der Waals surface area contributed by atoms with Crippen molar-refractivity contribution in [3.63, 3.8) is 0 Å². The summed E-state index contributed by atoms with van der Waals surface area (Å²) >= 11 is 3.81. The largest absolute Gasteiger partial charge is 0.386 e. The van der Waals surface area contributed by atoms with Gasteiger partial charge in [-0.2, -0.15) is 0 Å². The molecule has 0 aliphatic carbocycles. The summed E-state index contributed by atoms with van der Waals surface area (Å²) in [6.07, 6.45) is 0.897. The van der Waals surface area contributed by atoms with E-state index in [1.165, 1.54) is 6.42 Å².